The van der Waals surface area contributed by atoms with Crippen LogP contribution in [0.25, 0.3) is 0 Å². The lowest BCUT2D eigenvalue weighted by Crippen LogP contribution is -2.50. The summed E-state index contributed by atoms with van der Waals surface area (Å²) in [4.78, 5) is 13.3. The molecule has 2 atom stereocenters. The number of likely N-dealkylation sites (tertiary alicyclic amines) is 1. The molecule has 2 N–H and O–H groups in total. The molecule has 1 heterocycles. The predicted molar refractivity (Wildman–Crippen MR) is 94.3 cm³/mol. The molecule has 3 rings (SSSR count). The third kappa shape index (κ3) is 3.87. The molecule has 0 aromatic heterocycles. The van der Waals surface area contributed by atoms with Crippen LogP contribution in [0.15, 0.2) is 18.2 Å². The van der Waals surface area contributed by atoms with Crippen LogP contribution in [0.4, 0.5) is 11.4 Å². The Hall–Kier alpha value is -1.66. The normalized spacial score (nSPS) is 26.2. The quantitative estimate of drug-likeness (QED) is 0.654. The van der Waals surface area contributed by atoms with E-state index in [2.05, 4.69) is 10.2 Å². The number of hydrogen-bond acceptors (Lipinski definition) is 5. The minimum absolute atomic E-state index is 0.153. The number of aliphatic hydroxyl groups excluding tert-OH is 1. The van der Waals surface area contributed by atoms with Crippen LogP contribution in [-0.2, 0) is 0 Å². The van der Waals surface area contributed by atoms with Crippen molar-refractivity contribution in [2.45, 2.75) is 63.6 Å². The maximum Gasteiger partial charge on any atom is 0.292 e. The Balaban J connectivity index is 1.59. The number of nitro benzene ring substituents is 1. The molecule has 0 bridgehead atoms. The molecule has 2 aliphatic rings. The topological polar surface area (TPSA) is 78.6 Å². The lowest BCUT2D eigenvalue weighted by Gasteiger charge is -2.41. The van der Waals surface area contributed by atoms with Gasteiger partial charge in [0.15, 0.2) is 0 Å². The fourth-order valence-electron chi connectivity index (χ4n) is 4.03. The van der Waals surface area contributed by atoms with E-state index in [-0.39, 0.29) is 22.8 Å². The molecule has 0 spiro atoms. The average Bonchev–Trinajstić information content (AvgIpc) is 2.57. The van der Waals surface area contributed by atoms with Gasteiger partial charge in [-0.3, -0.25) is 15.0 Å². The van der Waals surface area contributed by atoms with Crippen LogP contribution in [0, 0.1) is 17.0 Å². The minimum Gasteiger partial charge on any atom is -0.391 e. The predicted octanol–water partition coefficient (Wildman–Crippen LogP) is 3.08. The minimum atomic E-state index is -0.317. The van der Waals surface area contributed by atoms with E-state index >= 15 is 0 Å². The van der Waals surface area contributed by atoms with Crippen molar-refractivity contribution in [3.63, 3.8) is 0 Å². The molecule has 1 aliphatic carbocycles. The number of nitrogens with one attached hydrogen (secondary N) is 1. The van der Waals surface area contributed by atoms with Crippen molar-refractivity contribution in [2.75, 3.05) is 18.4 Å². The first-order chi connectivity index (χ1) is 11.5. The molecule has 1 saturated heterocycles. The van der Waals surface area contributed by atoms with Gasteiger partial charge in [-0.05, 0) is 44.2 Å². The highest BCUT2D eigenvalue weighted by atomic mass is 16.6. The van der Waals surface area contributed by atoms with Crippen molar-refractivity contribution < 1.29 is 10.0 Å². The first-order valence-corrected chi connectivity index (χ1v) is 8.98. The van der Waals surface area contributed by atoms with Gasteiger partial charge in [0.1, 0.15) is 5.69 Å². The number of piperidine rings is 1. The van der Waals surface area contributed by atoms with Crippen LogP contribution in [0.3, 0.4) is 0 Å². The van der Waals surface area contributed by atoms with Gasteiger partial charge in [-0.1, -0.05) is 18.9 Å². The highest BCUT2D eigenvalue weighted by molar-refractivity contribution is 5.63. The van der Waals surface area contributed by atoms with Gasteiger partial charge in [-0.15, -0.1) is 0 Å². The van der Waals surface area contributed by atoms with Crippen molar-refractivity contribution in [2.24, 2.45) is 0 Å². The summed E-state index contributed by atoms with van der Waals surface area (Å²) in [5, 5.41) is 24.8. The van der Waals surface area contributed by atoms with E-state index in [1.54, 1.807) is 6.07 Å². The molecule has 1 aromatic carbocycles. The largest absolute Gasteiger partial charge is 0.391 e. The number of nitrogens with zero attached hydrogens (tertiary/aromatic N) is 2. The number of aryl methyl sites for hydroxylation is 1. The maximum atomic E-state index is 11.2. The second-order valence-electron chi connectivity index (χ2n) is 7.15. The van der Waals surface area contributed by atoms with E-state index < -0.39 is 0 Å². The van der Waals surface area contributed by atoms with Crippen molar-refractivity contribution in [1.29, 1.82) is 0 Å². The maximum absolute atomic E-state index is 11.2. The van der Waals surface area contributed by atoms with Gasteiger partial charge >= 0.3 is 0 Å². The Kier molecular flexibility index (Phi) is 5.36. The molecule has 24 heavy (non-hydrogen) atoms. The number of hydrogen-bond donors (Lipinski definition) is 2. The third-order valence-corrected chi connectivity index (χ3v) is 5.40. The molecule has 1 aliphatic heterocycles. The summed E-state index contributed by atoms with van der Waals surface area (Å²) >= 11 is 0. The average molecular weight is 333 g/mol. The van der Waals surface area contributed by atoms with E-state index in [0.717, 1.165) is 50.8 Å². The van der Waals surface area contributed by atoms with Gasteiger partial charge in [0.2, 0.25) is 0 Å². The summed E-state index contributed by atoms with van der Waals surface area (Å²) in [5.41, 5.74) is 1.66. The number of anilines is 1. The summed E-state index contributed by atoms with van der Waals surface area (Å²) < 4.78 is 0. The summed E-state index contributed by atoms with van der Waals surface area (Å²) in [6.07, 6.45) is 6.05. The van der Waals surface area contributed by atoms with Gasteiger partial charge < -0.3 is 10.4 Å². The SMILES string of the molecule is Cc1ccc(NC2CCN(C3CCCCC3O)CC2)c([N+](=O)[O-])c1. The van der Waals surface area contributed by atoms with Crippen LogP contribution in [0.1, 0.15) is 44.1 Å². The standard InChI is InChI=1S/C18H27N3O3/c1-13-6-7-15(17(12-13)21(23)24)19-14-8-10-20(11-9-14)16-4-2-3-5-18(16)22/h6-7,12,14,16,18-19,22H,2-5,8-11H2,1H3. The highest BCUT2D eigenvalue weighted by Crippen LogP contribution is 2.30. The molecular weight excluding hydrogens is 306 g/mol. The molecule has 1 saturated carbocycles. The monoisotopic (exact) mass is 333 g/mol. The molecule has 1 aromatic rings. The van der Waals surface area contributed by atoms with E-state index in [0.29, 0.717) is 11.7 Å². The molecule has 6 nitrogen and oxygen atoms in total. The zero-order chi connectivity index (χ0) is 17.1. The lowest BCUT2D eigenvalue weighted by molar-refractivity contribution is -0.384. The molecule has 0 amide bonds. The summed E-state index contributed by atoms with van der Waals surface area (Å²) in [6, 6.07) is 5.89. The van der Waals surface area contributed by atoms with Gasteiger partial charge in [0.05, 0.1) is 11.0 Å². The Bertz CT molecular complexity index is 585. The first-order valence-electron chi connectivity index (χ1n) is 8.98. The summed E-state index contributed by atoms with van der Waals surface area (Å²) in [7, 11) is 0. The summed E-state index contributed by atoms with van der Waals surface area (Å²) in [5.74, 6) is 0. The Labute approximate surface area is 143 Å². The molecule has 132 valence electrons. The summed E-state index contributed by atoms with van der Waals surface area (Å²) in [6.45, 7) is 3.75. The van der Waals surface area contributed by atoms with Crippen molar-refractivity contribution >= 4 is 11.4 Å². The molecule has 0 radical (unpaired) electrons. The Morgan fingerprint density at radius 1 is 1.21 bits per heavy atom. The Morgan fingerprint density at radius 3 is 2.58 bits per heavy atom. The van der Waals surface area contributed by atoms with E-state index in [4.69, 9.17) is 0 Å². The van der Waals surface area contributed by atoms with E-state index in [1.165, 1.54) is 6.42 Å². The first kappa shape index (κ1) is 17.2. The number of aliphatic hydroxyl groups is 1. The molecule has 2 fully saturated rings. The molecule has 6 heteroatoms. The van der Waals surface area contributed by atoms with Crippen molar-refractivity contribution in [3.05, 3.63) is 33.9 Å². The zero-order valence-corrected chi connectivity index (χ0v) is 14.3. The second kappa shape index (κ2) is 7.49. The van der Waals surface area contributed by atoms with Crippen LogP contribution in [-0.4, -0.2) is 46.2 Å². The van der Waals surface area contributed by atoms with Crippen molar-refractivity contribution in [1.82, 2.24) is 4.90 Å². The van der Waals surface area contributed by atoms with Gasteiger partial charge in [-0.2, -0.15) is 0 Å². The molecular formula is C18H27N3O3. The third-order valence-electron chi connectivity index (χ3n) is 5.40. The van der Waals surface area contributed by atoms with Crippen LogP contribution in [0.5, 0.6) is 0 Å². The Morgan fingerprint density at radius 2 is 1.92 bits per heavy atom. The van der Waals surface area contributed by atoms with Crippen LogP contribution in [0.2, 0.25) is 0 Å². The zero-order valence-electron chi connectivity index (χ0n) is 14.3. The smallest absolute Gasteiger partial charge is 0.292 e. The highest BCUT2D eigenvalue weighted by Gasteiger charge is 2.31. The fourth-order valence-corrected chi connectivity index (χ4v) is 4.03. The van der Waals surface area contributed by atoms with Gasteiger partial charge in [0.25, 0.3) is 5.69 Å². The van der Waals surface area contributed by atoms with Crippen molar-refractivity contribution in [3.8, 4) is 0 Å². The van der Waals surface area contributed by atoms with Gasteiger partial charge in [-0.25, -0.2) is 0 Å². The number of nitro groups is 1. The van der Waals surface area contributed by atoms with Gasteiger partial charge in [0, 0.05) is 31.2 Å². The van der Waals surface area contributed by atoms with Crippen LogP contribution >= 0.6 is 0 Å². The van der Waals surface area contributed by atoms with E-state index in [9.17, 15) is 15.2 Å². The fraction of sp³-hybridized carbons (Fsp3) is 0.667. The second-order valence-corrected chi connectivity index (χ2v) is 7.15. The lowest BCUT2D eigenvalue weighted by atomic mass is 9.89. The number of rotatable bonds is 4. The number of benzene rings is 1. The molecule has 2 unspecified atom stereocenters. The van der Waals surface area contributed by atoms with Crippen LogP contribution < -0.4 is 5.32 Å². The van der Waals surface area contributed by atoms with E-state index in [1.807, 2.05) is 19.1 Å².